The number of rotatable bonds is 5. The minimum atomic E-state index is -3.81. The molecular formula is C17H26ClN3O5S. The molecule has 152 valence electrons. The Hall–Kier alpha value is -1.55. The van der Waals surface area contributed by atoms with E-state index < -0.39 is 10.0 Å². The summed E-state index contributed by atoms with van der Waals surface area (Å²) in [7, 11) is -0.933. The number of hydrogen-bond acceptors (Lipinski definition) is 6. The lowest BCUT2D eigenvalue weighted by molar-refractivity contribution is -0.135. The molecule has 3 rings (SSSR count). The maximum Gasteiger partial charge on any atom is 0.250 e. The Morgan fingerprint density at radius 1 is 1.15 bits per heavy atom. The fourth-order valence-electron chi connectivity index (χ4n) is 3.60. The van der Waals surface area contributed by atoms with Gasteiger partial charge in [0.05, 0.1) is 20.8 Å². The predicted octanol–water partition coefficient (Wildman–Crippen LogP) is 0.711. The molecule has 10 heteroatoms. The van der Waals surface area contributed by atoms with Crippen molar-refractivity contribution in [3.05, 3.63) is 18.2 Å². The molecule has 2 saturated heterocycles. The maximum atomic E-state index is 13.3. The molecule has 0 spiro atoms. The number of amides is 1. The van der Waals surface area contributed by atoms with E-state index in [4.69, 9.17) is 9.47 Å². The van der Waals surface area contributed by atoms with E-state index in [9.17, 15) is 13.2 Å². The molecule has 0 bridgehead atoms. The van der Waals surface area contributed by atoms with Gasteiger partial charge in [-0.05, 0) is 25.0 Å². The Morgan fingerprint density at radius 2 is 1.81 bits per heavy atom. The highest BCUT2D eigenvalue weighted by molar-refractivity contribution is 7.89. The van der Waals surface area contributed by atoms with Crippen LogP contribution in [0.5, 0.6) is 11.5 Å². The number of piperazine rings is 1. The van der Waals surface area contributed by atoms with Crippen molar-refractivity contribution >= 4 is 28.3 Å². The van der Waals surface area contributed by atoms with Gasteiger partial charge < -0.3 is 19.7 Å². The zero-order chi connectivity index (χ0) is 18.7. The molecule has 0 aliphatic carbocycles. The molecular weight excluding hydrogens is 394 g/mol. The van der Waals surface area contributed by atoms with Gasteiger partial charge in [0, 0.05) is 32.2 Å². The lowest BCUT2D eigenvalue weighted by atomic mass is 10.1. The van der Waals surface area contributed by atoms with Crippen molar-refractivity contribution in [1.29, 1.82) is 0 Å². The van der Waals surface area contributed by atoms with E-state index in [0.29, 0.717) is 26.1 Å². The Morgan fingerprint density at radius 3 is 2.41 bits per heavy atom. The van der Waals surface area contributed by atoms with Crippen LogP contribution in [0.15, 0.2) is 23.1 Å². The predicted molar refractivity (Wildman–Crippen MR) is 103 cm³/mol. The van der Waals surface area contributed by atoms with Gasteiger partial charge in [-0.25, -0.2) is 8.42 Å². The molecule has 1 aromatic rings. The van der Waals surface area contributed by atoms with Gasteiger partial charge in [-0.1, -0.05) is 6.07 Å². The number of piperidine rings is 1. The van der Waals surface area contributed by atoms with E-state index >= 15 is 0 Å². The minimum absolute atomic E-state index is 0. The minimum Gasteiger partial charge on any atom is -0.495 e. The highest BCUT2D eigenvalue weighted by Crippen LogP contribution is 2.36. The summed E-state index contributed by atoms with van der Waals surface area (Å²) < 4.78 is 38.6. The van der Waals surface area contributed by atoms with Crippen molar-refractivity contribution in [1.82, 2.24) is 14.5 Å². The van der Waals surface area contributed by atoms with Gasteiger partial charge in [0.25, 0.3) is 10.0 Å². The maximum absolute atomic E-state index is 13.3. The molecule has 0 aromatic heterocycles. The van der Waals surface area contributed by atoms with Crippen LogP contribution in [-0.4, -0.2) is 76.5 Å². The molecule has 27 heavy (non-hydrogen) atoms. The van der Waals surface area contributed by atoms with Crippen LogP contribution in [-0.2, 0) is 14.8 Å². The van der Waals surface area contributed by atoms with Crippen molar-refractivity contribution in [3.63, 3.8) is 0 Å². The van der Waals surface area contributed by atoms with Crippen LogP contribution in [0.25, 0.3) is 0 Å². The number of methoxy groups -OCH3 is 2. The first kappa shape index (κ1) is 21.7. The normalized spacial score (nSPS) is 21.5. The van der Waals surface area contributed by atoms with Crippen LogP contribution >= 0.6 is 12.4 Å². The second-order valence-electron chi connectivity index (χ2n) is 6.41. The molecule has 1 atom stereocenters. The Kier molecular flexibility index (Phi) is 7.32. The zero-order valence-electron chi connectivity index (χ0n) is 15.5. The van der Waals surface area contributed by atoms with E-state index in [2.05, 4.69) is 5.32 Å². The third kappa shape index (κ3) is 4.31. The number of sulfonamides is 1. The molecule has 8 nitrogen and oxygen atoms in total. The van der Waals surface area contributed by atoms with E-state index in [1.807, 2.05) is 0 Å². The number of hydrogen-bond donors (Lipinski definition) is 1. The van der Waals surface area contributed by atoms with Gasteiger partial charge in [-0.3, -0.25) is 4.79 Å². The summed E-state index contributed by atoms with van der Waals surface area (Å²) in [5.41, 5.74) is 0. The van der Waals surface area contributed by atoms with Crippen LogP contribution < -0.4 is 14.8 Å². The first-order chi connectivity index (χ1) is 12.5. The van der Waals surface area contributed by atoms with Crippen molar-refractivity contribution in [2.75, 3.05) is 46.9 Å². The SMILES string of the molecule is COc1cccc(OC)c1S(=O)(=O)N1CCCC(N2CCNCC2=O)C1.Cl. The number of nitrogens with one attached hydrogen (secondary N) is 1. The first-order valence-corrected chi connectivity index (χ1v) is 10.1. The first-order valence-electron chi connectivity index (χ1n) is 8.70. The number of halogens is 1. The van der Waals surface area contributed by atoms with E-state index in [1.165, 1.54) is 18.5 Å². The number of ether oxygens (including phenoxy) is 2. The fraction of sp³-hybridized carbons (Fsp3) is 0.588. The third-order valence-electron chi connectivity index (χ3n) is 4.91. The molecule has 2 heterocycles. The molecule has 2 aliphatic heterocycles. The highest BCUT2D eigenvalue weighted by Gasteiger charge is 2.37. The topological polar surface area (TPSA) is 88.2 Å². The molecule has 2 fully saturated rings. The zero-order valence-corrected chi connectivity index (χ0v) is 17.1. The van der Waals surface area contributed by atoms with Gasteiger partial charge in [0.15, 0.2) is 4.90 Å². The lowest BCUT2D eigenvalue weighted by Gasteiger charge is -2.40. The van der Waals surface area contributed by atoms with Crippen LogP contribution in [0.4, 0.5) is 0 Å². The quantitative estimate of drug-likeness (QED) is 0.756. The largest absolute Gasteiger partial charge is 0.495 e. The standard InChI is InChI=1S/C17H25N3O5S.ClH/c1-24-14-6-3-7-15(25-2)17(14)26(22,23)19-9-4-5-13(12-19)20-10-8-18-11-16(20)21;/h3,6-7,13,18H,4-5,8-12H2,1-2H3;1H. The molecule has 0 radical (unpaired) electrons. The van der Waals surface area contributed by atoms with Crippen molar-refractivity contribution in [2.45, 2.75) is 23.8 Å². The van der Waals surface area contributed by atoms with Gasteiger partial charge in [0.1, 0.15) is 11.5 Å². The summed E-state index contributed by atoms with van der Waals surface area (Å²) in [4.78, 5) is 14.0. The number of benzene rings is 1. The molecule has 1 unspecified atom stereocenters. The summed E-state index contributed by atoms with van der Waals surface area (Å²) in [5, 5.41) is 3.04. The molecule has 2 aliphatic rings. The molecule has 1 amide bonds. The number of carbonyl (C=O) groups excluding carboxylic acids is 1. The van der Waals surface area contributed by atoms with Gasteiger partial charge in [-0.15, -0.1) is 12.4 Å². The van der Waals surface area contributed by atoms with Crippen LogP contribution in [0, 0.1) is 0 Å². The van der Waals surface area contributed by atoms with E-state index in [1.54, 1.807) is 23.1 Å². The van der Waals surface area contributed by atoms with Crippen molar-refractivity contribution in [3.8, 4) is 11.5 Å². The van der Waals surface area contributed by atoms with E-state index in [-0.39, 0.29) is 47.3 Å². The van der Waals surface area contributed by atoms with E-state index in [0.717, 1.165) is 13.0 Å². The van der Waals surface area contributed by atoms with Gasteiger partial charge >= 0.3 is 0 Å². The third-order valence-corrected chi connectivity index (χ3v) is 6.84. The average molecular weight is 420 g/mol. The van der Waals surface area contributed by atoms with Crippen molar-refractivity contribution < 1.29 is 22.7 Å². The average Bonchev–Trinajstić information content (AvgIpc) is 2.67. The second-order valence-corrected chi connectivity index (χ2v) is 8.29. The van der Waals surface area contributed by atoms with Gasteiger partial charge in [0.2, 0.25) is 5.91 Å². The number of nitrogens with zero attached hydrogens (tertiary/aromatic N) is 2. The Bertz CT molecular complexity index is 752. The number of carbonyl (C=O) groups is 1. The van der Waals surface area contributed by atoms with Crippen LogP contribution in [0.2, 0.25) is 0 Å². The fourth-order valence-corrected chi connectivity index (χ4v) is 5.41. The Labute approximate surface area is 166 Å². The smallest absolute Gasteiger partial charge is 0.250 e. The van der Waals surface area contributed by atoms with Crippen LogP contribution in [0.3, 0.4) is 0 Å². The summed E-state index contributed by atoms with van der Waals surface area (Å²) in [6.45, 7) is 2.35. The highest BCUT2D eigenvalue weighted by atomic mass is 35.5. The van der Waals surface area contributed by atoms with Gasteiger partial charge in [-0.2, -0.15) is 4.31 Å². The lowest BCUT2D eigenvalue weighted by Crippen LogP contribution is -2.57. The second kappa shape index (κ2) is 9.09. The molecule has 1 aromatic carbocycles. The monoisotopic (exact) mass is 419 g/mol. The molecule has 0 saturated carbocycles. The summed E-state index contributed by atoms with van der Waals surface area (Å²) >= 11 is 0. The summed E-state index contributed by atoms with van der Waals surface area (Å²) in [6.07, 6.45) is 1.51. The van der Waals surface area contributed by atoms with Crippen LogP contribution in [0.1, 0.15) is 12.8 Å². The Balaban J connectivity index is 0.00000261. The van der Waals surface area contributed by atoms with Crippen molar-refractivity contribution in [2.24, 2.45) is 0 Å². The molecule has 1 N–H and O–H groups in total. The summed E-state index contributed by atoms with van der Waals surface area (Å²) in [6, 6.07) is 4.80. The summed E-state index contributed by atoms with van der Waals surface area (Å²) in [5.74, 6) is 0.532.